The topological polar surface area (TPSA) is 16.4 Å². The first-order valence-electron chi connectivity index (χ1n) is 22.2. The van der Waals surface area contributed by atoms with Crippen LogP contribution in [-0.4, -0.2) is 0 Å². The van der Waals surface area contributed by atoms with E-state index >= 15 is 0 Å². The van der Waals surface area contributed by atoms with E-state index in [0.29, 0.717) is 0 Å². The third-order valence-corrected chi connectivity index (χ3v) is 14.0. The molecule has 0 atom stereocenters. The molecule has 0 unspecified atom stereocenters. The molecule has 0 amide bonds. The highest BCUT2D eigenvalue weighted by Gasteiger charge is 2.46. The Morgan fingerprint density at radius 1 is 0.468 bits per heavy atom. The molecule has 0 saturated heterocycles. The lowest BCUT2D eigenvalue weighted by Gasteiger charge is -2.35. The van der Waals surface area contributed by atoms with Gasteiger partial charge in [0.15, 0.2) is 0 Å². The number of fused-ring (bicyclic) bond motifs is 9. The monoisotopic (exact) mass is 803 g/mol. The minimum absolute atomic E-state index is 0.0516. The maximum absolute atomic E-state index is 7.01. The Balaban J connectivity index is 1.21. The molecule has 0 bridgehead atoms. The molecular weight excluding hydrogens is 751 g/mol. The highest BCUT2D eigenvalue weighted by molar-refractivity contribution is 6.15. The summed E-state index contributed by atoms with van der Waals surface area (Å²) in [5, 5.41) is 2.29. The highest BCUT2D eigenvalue weighted by atomic mass is 16.3. The molecule has 1 heterocycles. The van der Waals surface area contributed by atoms with Crippen molar-refractivity contribution < 1.29 is 4.42 Å². The Morgan fingerprint density at radius 2 is 1.02 bits per heavy atom. The zero-order valence-electron chi connectivity index (χ0n) is 37.1. The number of anilines is 3. The van der Waals surface area contributed by atoms with E-state index in [9.17, 15) is 0 Å². The minimum atomic E-state index is -0.484. The van der Waals surface area contributed by atoms with Gasteiger partial charge in [0.2, 0.25) is 0 Å². The van der Waals surface area contributed by atoms with Gasteiger partial charge in [-0.05, 0) is 103 Å². The van der Waals surface area contributed by atoms with Gasteiger partial charge in [-0.1, -0.05) is 195 Å². The largest absolute Gasteiger partial charge is 0.456 e. The number of hydrogen-bond donors (Lipinski definition) is 0. The van der Waals surface area contributed by atoms with Crippen molar-refractivity contribution in [1.29, 1.82) is 0 Å². The second kappa shape index (κ2) is 13.4. The van der Waals surface area contributed by atoms with E-state index in [1.165, 1.54) is 66.8 Å². The SMILES string of the molecule is CC(C)(C)c1cc(C(C)(C)C)c2oc3cccc(N(c4ccc(C5(c6ccccc6)c6ccccc6-c6ccccc65)cc4)c4cccc5c4-c4ccccc4C5(C)C)c3c2c1. The van der Waals surface area contributed by atoms with Crippen molar-refractivity contribution in [1.82, 2.24) is 0 Å². The smallest absolute Gasteiger partial charge is 0.139 e. The van der Waals surface area contributed by atoms with Gasteiger partial charge >= 0.3 is 0 Å². The van der Waals surface area contributed by atoms with E-state index < -0.39 is 5.41 Å². The van der Waals surface area contributed by atoms with Crippen LogP contribution in [0.3, 0.4) is 0 Å². The molecule has 2 heteroatoms. The summed E-state index contributed by atoms with van der Waals surface area (Å²) >= 11 is 0. The van der Waals surface area contributed by atoms with Crippen LogP contribution in [0, 0.1) is 0 Å². The van der Waals surface area contributed by atoms with Crippen molar-refractivity contribution in [3.63, 3.8) is 0 Å². The van der Waals surface area contributed by atoms with Gasteiger partial charge in [-0.3, -0.25) is 0 Å². The minimum Gasteiger partial charge on any atom is -0.456 e. The molecule has 8 aromatic carbocycles. The average molecular weight is 804 g/mol. The molecule has 2 aliphatic carbocycles. The van der Waals surface area contributed by atoms with Crippen LogP contribution in [0.4, 0.5) is 17.1 Å². The third kappa shape index (κ3) is 5.42. The number of benzene rings is 8. The number of furan rings is 1. The summed E-state index contributed by atoms with van der Waals surface area (Å²) in [5.41, 5.74) is 20.0. The maximum Gasteiger partial charge on any atom is 0.139 e. The molecule has 62 heavy (non-hydrogen) atoms. The molecule has 0 aliphatic heterocycles. The summed E-state index contributed by atoms with van der Waals surface area (Å²) in [7, 11) is 0. The predicted octanol–water partition coefficient (Wildman–Crippen LogP) is 16.3. The first-order chi connectivity index (χ1) is 29.8. The fourth-order valence-corrected chi connectivity index (χ4v) is 11.0. The van der Waals surface area contributed by atoms with E-state index in [0.717, 1.165) is 39.0 Å². The lowest BCUT2D eigenvalue weighted by atomic mass is 9.68. The molecule has 304 valence electrons. The van der Waals surface area contributed by atoms with Crippen molar-refractivity contribution in [2.75, 3.05) is 4.90 Å². The lowest BCUT2D eigenvalue weighted by Crippen LogP contribution is -2.28. The van der Waals surface area contributed by atoms with Crippen molar-refractivity contribution in [3.05, 3.63) is 220 Å². The zero-order chi connectivity index (χ0) is 42.8. The second-order valence-electron chi connectivity index (χ2n) is 20.1. The van der Waals surface area contributed by atoms with Crippen molar-refractivity contribution in [2.45, 2.75) is 77.0 Å². The number of rotatable bonds is 5. The van der Waals surface area contributed by atoms with E-state index in [2.05, 4.69) is 236 Å². The van der Waals surface area contributed by atoms with Gasteiger partial charge in [0, 0.05) is 27.6 Å². The molecule has 0 N–H and O–H groups in total. The van der Waals surface area contributed by atoms with Gasteiger partial charge in [0.25, 0.3) is 0 Å². The first kappa shape index (κ1) is 38.3. The van der Waals surface area contributed by atoms with Crippen LogP contribution in [0.15, 0.2) is 180 Å². The lowest BCUT2D eigenvalue weighted by molar-refractivity contribution is 0.559. The van der Waals surface area contributed by atoms with Crippen LogP contribution in [-0.2, 0) is 21.7 Å². The van der Waals surface area contributed by atoms with Crippen molar-refractivity contribution in [3.8, 4) is 22.3 Å². The second-order valence-corrected chi connectivity index (χ2v) is 20.1. The fraction of sp³-hybridized carbons (Fsp3) is 0.200. The summed E-state index contributed by atoms with van der Waals surface area (Å²) in [6.07, 6.45) is 0. The van der Waals surface area contributed by atoms with Gasteiger partial charge in [0.1, 0.15) is 11.2 Å². The summed E-state index contributed by atoms with van der Waals surface area (Å²) in [6.45, 7) is 18.6. The van der Waals surface area contributed by atoms with Gasteiger partial charge in [0.05, 0.1) is 22.2 Å². The third-order valence-electron chi connectivity index (χ3n) is 14.0. The molecule has 2 aliphatic rings. The normalized spacial score (nSPS) is 14.7. The van der Waals surface area contributed by atoms with E-state index in [1.54, 1.807) is 0 Å². The standard InChI is InChI=1S/C60H53NO/c1-57(2,3)40-36-45-55-52(30-19-31-53(55)62-56(45)50(37-40)58(4,5)6)61(51-29-18-28-49-54(51)44-24-14-15-25-46(44)59(49,7)8)41-34-32-39(33-35-41)60(38-20-10-9-11-21-38)47-26-16-12-22-42(47)43-23-13-17-27-48(43)60/h9-37H,1-8H3. The van der Waals surface area contributed by atoms with Gasteiger partial charge in [-0.15, -0.1) is 0 Å². The van der Waals surface area contributed by atoms with E-state index in [-0.39, 0.29) is 16.2 Å². The van der Waals surface area contributed by atoms with Gasteiger partial charge in [-0.2, -0.15) is 0 Å². The first-order valence-corrected chi connectivity index (χ1v) is 22.2. The van der Waals surface area contributed by atoms with Crippen LogP contribution in [0.2, 0.25) is 0 Å². The van der Waals surface area contributed by atoms with Gasteiger partial charge in [-0.25, -0.2) is 0 Å². The van der Waals surface area contributed by atoms with Crippen LogP contribution >= 0.6 is 0 Å². The van der Waals surface area contributed by atoms with Crippen LogP contribution < -0.4 is 4.90 Å². The molecule has 11 rings (SSSR count). The maximum atomic E-state index is 7.01. The van der Waals surface area contributed by atoms with Crippen molar-refractivity contribution in [2.24, 2.45) is 0 Å². The predicted molar refractivity (Wildman–Crippen MR) is 261 cm³/mol. The fourth-order valence-electron chi connectivity index (χ4n) is 11.0. The summed E-state index contributed by atoms with van der Waals surface area (Å²) in [5.74, 6) is 0. The van der Waals surface area contributed by atoms with Crippen LogP contribution in [0.5, 0.6) is 0 Å². The molecule has 0 spiro atoms. The van der Waals surface area contributed by atoms with Crippen LogP contribution in [0.1, 0.15) is 99.9 Å². The molecule has 0 saturated carbocycles. The quantitative estimate of drug-likeness (QED) is 0.172. The Kier molecular flexibility index (Phi) is 8.29. The summed E-state index contributed by atoms with van der Waals surface area (Å²) in [6, 6.07) is 65.8. The summed E-state index contributed by atoms with van der Waals surface area (Å²) in [4.78, 5) is 2.52. The zero-order valence-corrected chi connectivity index (χ0v) is 37.1. The van der Waals surface area contributed by atoms with Gasteiger partial charge < -0.3 is 9.32 Å². The Bertz CT molecular complexity index is 3180. The molecule has 9 aromatic rings. The Labute approximate surface area is 366 Å². The molecule has 0 radical (unpaired) electrons. The average Bonchev–Trinajstić information content (AvgIpc) is 3.88. The Hall–Kier alpha value is -6.64. The highest BCUT2D eigenvalue weighted by Crippen LogP contribution is 2.58. The molecular formula is C60H53NO. The van der Waals surface area contributed by atoms with E-state index in [1.807, 2.05) is 0 Å². The number of hydrogen-bond acceptors (Lipinski definition) is 2. The Morgan fingerprint density at radius 3 is 1.66 bits per heavy atom. The molecule has 1 aromatic heterocycles. The number of nitrogens with zero attached hydrogens (tertiary/aromatic N) is 1. The van der Waals surface area contributed by atoms with E-state index in [4.69, 9.17) is 4.42 Å². The van der Waals surface area contributed by atoms with Crippen molar-refractivity contribution >= 4 is 39.0 Å². The summed E-state index contributed by atoms with van der Waals surface area (Å²) < 4.78 is 7.01. The van der Waals surface area contributed by atoms with Crippen LogP contribution in [0.25, 0.3) is 44.2 Å². The molecule has 0 fully saturated rings. The molecule has 2 nitrogen and oxygen atoms in total.